The third-order valence-corrected chi connectivity index (χ3v) is 3.93. The number of hydrogen-bond donors (Lipinski definition) is 3. The molecule has 0 bridgehead atoms. The number of carboxylic acid groups (broad SMARTS) is 1. The van der Waals surface area contributed by atoms with E-state index in [9.17, 15) is 19.5 Å². The molecule has 9 heteroatoms. The molecule has 0 spiro atoms. The second kappa shape index (κ2) is 5.86. The fourth-order valence-corrected chi connectivity index (χ4v) is 2.84. The van der Waals surface area contributed by atoms with E-state index in [0.717, 1.165) is 5.75 Å². The Labute approximate surface area is 124 Å². The van der Waals surface area contributed by atoms with Gasteiger partial charge in [0.05, 0.1) is 12.0 Å². The van der Waals surface area contributed by atoms with Crippen molar-refractivity contribution in [2.75, 3.05) is 12.3 Å². The summed E-state index contributed by atoms with van der Waals surface area (Å²) in [5.74, 6) is -1.11. The number of nitrogens with one attached hydrogen (secondary N) is 1. The molecule has 1 aliphatic heterocycles. The normalized spacial score (nSPS) is 16.1. The van der Waals surface area contributed by atoms with Crippen molar-refractivity contribution in [2.45, 2.75) is 30.6 Å². The number of aliphatic carboxylic acids is 1. The summed E-state index contributed by atoms with van der Waals surface area (Å²) in [6.07, 6.45) is 0.694. The van der Waals surface area contributed by atoms with E-state index in [1.165, 1.54) is 29.4 Å². The van der Waals surface area contributed by atoms with Gasteiger partial charge in [-0.1, -0.05) is 11.8 Å². The molecule has 1 aliphatic rings. The minimum Gasteiger partial charge on any atom is -0.481 e. The number of thioether (sulfide) groups is 1. The number of carbonyl (C=O) groups excluding carboxylic acids is 1. The monoisotopic (exact) mass is 313 g/mol. The van der Waals surface area contributed by atoms with E-state index >= 15 is 0 Å². The van der Waals surface area contributed by atoms with Crippen LogP contribution in [0.25, 0.3) is 0 Å². The largest absolute Gasteiger partial charge is 0.481 e. The third kappa shape index (κ3) is 3.61. The van der Waals surface area contributed by atoms with Gasteiger partial charge in [-0.15, -0.1) is 0 Å². The molecule has 1 amide bonds. The summed E-state index contributed by atoms with van der Waals surface area (Å²) in [4.78, 5) is 38.7. The first kappa shape index (κ1) is 15.5. The molecule has 2 rings (SSSR count). The molecule has 114 valence electrons. The molecule has 1 aromatic heterocycles. The molecule has 1 unspecified atom stereocenters. The molecular weight excluding hydrogens is 298 g/mol. The summed E-state index contributed by atoms with van der Waals surface area (Å²) < 4.78 is 1.43. The van der Waals surface area contributed by atoms with Crippen LogP contribution in [-0.2, 0) is 11.3 Å². The number of carboxylic acids is 1. The van der Waals surface area contributed by atoms with Crippen molar-refractivity contribution in [1.82, 2.24) is 14.9 Å². The number of rotatable bonds is 5. The van der Waals surface area contributed by atoms with Gasteiger partial charge in [-0.25, -0.2) is 4.98 Å². The number of aliphatic hydroxyl groups is 1. The van der Waals surface area contributed by atoms with Crippen LogP contribution in [0, 0.1) is 0 Å². The molecule has 0 radical (unpaired) electrons. The SMILES string of the molecule is CC(O)(CNC(=O)c1cnc2n(c1=O)CCS2)CC(=O)O. The molecule has 2 heterocycles. The first-order valence-corrected chi connectivity index (χ1v) is 7.24. The van der Waals surface area contributed by atoms with Crippen molar-refractivity contribution in [2.24, 2.45) is 0 Å². The summed E-state index contributed by atoms with van der Waals surface area (Å²) in [5.41, 5.74) is -2.13. The van der Waals surface area contributed by atoms with Gasteiger partial charge in [0.15, 0.2) is 5.16 Å². The van der Waals surface area contributed by atoms with E-state index in [2.05, 4.69) is 10.3 Å². The van der Waals surface area contributed by atoms with Crippen LogP contribution in [0.1, 0.15) is 23.7 Å². The summed E-state index contributed by atoms with van der Waals surface area (Å²) >= 11 is 1.44. The lowest BCUT2D eigenvalue weighted by molar-refractivity contribution is -0.141. The zero-order valence-corrected chi connectivity index (χ0v) is 12.1. The van der Waals surface area contributed by atoms with Gasteiger partial charge < -0.3 is 15.5 Å². The van der Waals surface area contributed by atoms with Crippen LogP contribution < -0.4 is 10.9 Å². The zero-order valence-electron chi connectivity index (χ0n) is 11.3. The summed E-state index contributed by atoms with van der Waals surface area (Å²) in [7, 11) is 0. The Hall–Kier alpha value is -1.87. The standard InChI is InChI=1S/C12H15N3O5S/c1-12(20,4-8(16)17)6-14-9(18)7-5-13-11-15(10(7)19)2-3-21-11/h5,20H,2-4,6H2,1H3,(H,14,18)(H,16,17). The Balaban J connectivity index is 2.08. The maximum absolute atomic E-state index is 12.1. The number of amides is 1. The molecule has 0 fully saturated rings. The predicted molar refractivity (Wildman–Crippen MR) is 74.4 cm³/mol. The molecule has 21 heavy (non-hydrogen) atoms. The summed E-state index contributed by atoms with van der Waals surface area (Å²) in [6, 6.07) is 0. The van der Waals surface area contributed by atoms with E-state index < -0.39 is 29.5 Å². The van der Waals surface area contributed by atoms with E-state index in [4.69, 9.17) is 5.11 Å². The number of nitrogens with zero attached hydrogens (tertiary/aromatic N) is 2. The molecular formula is C12H15N3O5S. The minimum absolute atomic E-state index is 0.118. The van der Waals surface area contributed by atoms with E-state index in [1.807, 2.05) is 0 Å². The number of hydrogen-bond acceptors (Lipinski definition) is 6. The lowest BCUT2D eigenvalue weighted by Crippen LogP contribution is -2.43. The molecule has 8 nitrogen and oxygen atoms in total. The van der Waals surface area contributed by atoms with Crippen LogP contribution >= 0.6 is 11.8 Å². The average molecular weight is 313 g/mol. The highest BCUT2D eigenvalue weighted by atomic mass is 32.2. The Morgan fingerprint density at radius 3 is 2.95 bits per heavy atom. The molecule has 1 aromatic rings. The van der Waals surface area contributed by atoms with E-state index in [-0.39, 0.29) is 12.1 Å². The maximum atomic E-state index is 12.1. The van der Waals surface area contributed by atoms with Gasteiger partial charge in [-0.05, 0) is 6.92 Å². The van der Waals surface area contributed by atoms with Gasteiger partial charge in [-0.2, -0.15) is 0 Å². The minimum atomic E-state index is -1.59. The molecule has 1 atom stereocenters. The van der Waals surface area contributed by atoms with Crippen molar-refractivity contribution in [1.29, 1.82) is 0 Å². The van der Waals surface area contributed by atoms with Crippen LogP contribution in [0.4, 0.5) is 0 Å². The van der Waals surface area contributed by atoms with Crippen LogP contribution in [0.2, 0.25) is 0 Å². The highest BCUT2D eigenvalue weighted by molar-refractivity contribution is 7.99. The summed E-state index contributed by atoms with van der Waals surface area (Å²) in [6.45, 7) is 1.53. The number of aromatic nitrogens is 2. The van der Waals surface area contributed by atoms with Crippen LogP contribution in [0.5, 0.6) is 0 Å². The van der Waals surface area contributed by atoms with Gasteiger partial charge >= 0.3 is 5.97 Å². The van der Waals surface area contributed by atoms with Crippen LogP contribution in [-0.4, -0.2) is 49.5 Å². The van der Waals surface area contributed by atoms with E-state index in [0.29, 0.717) is 11.7 Å². The van der Waals surface area contributed by atoms with Crippen LogP contribution in [0.3, 0.4) is 0 Å². The van der Waals surface area contributed by atoms with Crippen molar-refractivity contribution >= 4 is 23.6 Å². The lowest BCUT2D eigenvalue weighted by Gasteiger charge is -2.21. The molecule has 3 N–H and O–H groups in total. The number of fused-ring (bicyclic) bond motifs is 1. The van der Waals surface area contributed by atoms with Gasteiger partial charge in [-0.3, -0.25) is 19.0 Å². The van der Waals surface area contributed by atoms with Gasteiger partial charge in [0.1, 0.15) is 5.56 Å². The van der Waals surface area contributed by atoms with Gasteiger partial charge in [0, 0.05) is 25.0 Å². The fraction of sp³-hybridized carbons (Fsp3) is 0.500. The second-order valence-corrected chi connectivity index (χ2v) is 6.07. The van der Waals surface area contributed by atoms with Crippen molar-refractivity contribution < 1.29 is 19.8 Å². The first-order valence-electron chi connectivity index (χ1n) is 6.25. The van der Waals surface area contributed by atoms with Crippen LogP contribution in [0.15, 0.2) is 16.1 Å². The quantitative estimate of drug-likeness (QED) is 0.615. The predicted octanol–water partition coefficient (Wildman–Crippen LogP) is -0.695. The molecule has 0 aromatic carbocycles. The van der Waals surface area contributed by atoms with Crippen molar-refractivity contribution in [3.63, 3.8) is 0 Å². The topological polar surface area (TPSA) is 122 Å². The van der Waals surface area contributed by atoms with E-state index in [1.54, 1.807) is 0 Å². The third-order valence-electron chi connectivity index (χ3n) is 2.96. The Bertz CT molecular complexity index is 640. The zero-order chi connectivity index (χ0) is 15.6. The molecule has 0 aliphatic carbocycles. The summed E-state index contributed by atoms with van der Waals surface area (Å²) in [5, 5.41) is 21.4. The van der Waals surface area contributed by atoms with Gasteiger partial charge in [0.25, 0.3) is 11.5 Å². The van der Waals surface area contributed by atoms with Crippen molar-refractivity contribution in [3.05, 3.63) is 22.1 Å². The Kier molecular flexibility index (Phi) is 4.33. The lowest BCUT2D eigenvalue weighted by atomic mass is 10.0. The molecule has 0 saturated carbocycles. The maximum Gasteiger partial charge on any atom is 0.306 e. The Morgan fingerprint density at radius 1 is 1.57 bits per heavy atom. The molecule has 0 saturated heterocycles. The average Bonchev–Trinajstić information content (AvgIpc) is 2.84. The smallest absolute Gasteiger partial charge is 0.306 e. The first-order chi connectivity index (χ1) is 9.80. The van der Waals surface area contributed by atoms with Crippen molar-refractivity contribution in [3.8, 4) is 0 Å². The Morgan fingerprint density at radius 2 is 2.29 bits per heavy atom. The van der Waals surface area contributed by atoms with Gasteiger partial charge in [0.2, 0.25) is 0 Å². The highest BCUT2D eigenvalue weighted by Crippen LogP contribution is 2.20. The fourth-order valence-electron chi connectivity index (χ4n) is 1.93. The second-order valence-electron chi connectivity index (χ2n) is 5.01. The number of carbonyl (C=O) groups is 2. The highest BCUT2D eigenvalue weighted by Gasteiger charge is 2.26.